The van der Waals surface area contributed by atoms with Crippen molar-refractivity contribution in [2.75, 3.05) is 7.05 Å². The average Bonchev–Trinajstić information content (AvgIpc) is 2.59. The van der Waals surface area contributed by atoms with Gasteiger partial charge in [0.15, 0.2) is 5.84 Å². The molecule has 0 saturated carbocycles. The van der Waals surface area contributed by atoms with E-state index in [-0.39, 0.29) is 35.8 Å². The monoisotopic (exact) mass is 257 g/mol. The van der Waals surface area contributed by atoms with E-state index in [1.54, 1.807) is 14.0 Å². The van der Waals surface area contributed by atoms with Crippen LogP contribution in [0.4, 0.5) is 0 Å². The lowest BCUT2D eigenvalue weighted by Crippen LogP contribution is -2.48. The molecule has 1 heterocycles. The van der Waals surface area contributed by atoms with Gasteiger partial charge in [-0.2, -0.15) is 0 Å². The van der Waals surface area contributed by atoms with E-state index in [1.807, 2.05) is 20.8 Å². The van der Waals surface area contributed by atoms with Crippen LogP contribution >= 0.6 is 0 Å². The van der Waals surface area contributed by atoms with E-state index in [0.717, 1.165) is 0 Å². The maximum atomic E-state index is 12.4. The van der Waals surface area contributed by atoms with Crippen LogP contribution in [0, 0.1) is 11.8 Å². The summed E-state index contributed by atoms with van der Waals surface area (Å²) < 4.78 is 5.67. The Morgan fingerprint density at radius 1 is 1.39 bits per heavy atom. The molecule has 1 saturated heterocycles. The molecule has 1 rings (SSSR count). The zero-order valence-corrected chi connectivity index (χ0v) is 11.6. The zero-order valence-electron chi connectivity index (χ0n) is 11.6. The SMILES string of the molecule is CC1OC(C)C(C(=O)N(C)C(C)C(N)=NO)C1C. The molecule has 0 aromatic heterocycles. The van der Waals surface area contributed by atoms with Gasteiger partial charge in [0.25, 0.3) is 0 Å². The lowest BCUT2D eigenvalue weighted by molar-refractivity contribution is -0.137. The van der Waals surface area contributed by atoms with Crippen molar-refractivity contribution in [1.82, 2.24) is 4.90 Å². The summed E-state index contributed by atoms with van der Waals surface area (Å²) in [5.74, 6) is -0.0232. The van der Waals surface area contributed by atoms with Crippen LogP contribution in [0.3, 0.4) is 0 Å². The van der Waals surface area contributed by atoms with Gasteiger partial charge in [-0.3, -0.25) is 4.79 Å². The summed E-state index contributed by atoms with van der Waals surface area (Å²) >= 11 is 0. The number of hydrogen-bond acceptors (Lipinski definition) is 4. The van der Waals surface area contributed by atoms with Gasteiger partial charge in [-0.1, -0.05) is 12.1 Å². The number of rotatable bonds is 3. The van der Waals surface area contributed by atoms with Crippen molar-refractivity contribution in [2.24, 2.45) is 22.7 Å². The molecular formula is C12H23N3O3. The summed E-state index contributed by atoms with van der Waals surface area (Å²) in [6, 6.07) is -0.433. The van der Waals surface area contributed by atoms with Gasteiger partial charge in [0.05, 0.1) is 24.2 Å². The number of nitrogens with zero attached hydrogens (tertiary/aromatic N) is 2. The fraction of sp³-hybridized carbons (Fsp3) is 0.833. The lowest BCUT2D eigenvalue weighted by Gasteiger charge is -2.29. The summed E-state index contributed by atoms with van der Waals surface area (Å²) in [6.45, 7) is 7.62. The Hall–Kier alpha value is -1.30. The third-order valence-electron chi connectivity index (χ3n) is 4.00. The van der Waals surface area contributed by atoms with Gasteiger partial charge in [0.1, 0.15) is 0 Å². The van der Waals surface area contributed by atoms with Crippen LogP contribution < -0.4 is 5.73 Å². The second-order valence-electron chi connectivity index (χ2n) is 5.08. The second-order valence-corrected chi connectivity index (χ2v) is 5.08. The van der Waals surface area contributed by atoms with Gasteiger partial charge in [-0.25, -0.2) is 0 Å². The van der Waals surface area contributed by atoms with Crippen molar-refractivity contribution in [1.29, 1.82) is 0 Å². The van der Waals surface area contributed by atoms with E-state index in [1.165, 1.54) is 4.90 Å². The maximum absolute atomic E-state index is 12.4. The molecule has 0 aliphatic carbocycles. The van der Waals surface area contributed by atoms with E-state index in [4.69, 9.17) is 15.7 Å². The summed E-state index contributed by atoms with van der Waals surface area (Å²) in [7, 11) is 1.66. The van der Waals surface area contributed by atoms with Crippen LogP contribution in [0.15, 0.2) is 5.16 Å². The van der Waals surface area contributed by atoms with Crippen LogP contribution in [-0.2, 0) is 9.53 Å². The Morgan fingerprint density at radius 3 is 2.33 bits per heavy atom. The first kappa shape index (κ1) is 14.8. The number of ether oxygens (including phenoxy) is 1. The molecule has 1 amide bonds. The van der Waals surface area contributed by atoms with Gasteiger partial charge < -0.3 is 20.6 Å². The second kappa shape index (κ2) is 5.56. The minimum atomic E-state index is -0.433. The van der Waals surface area contributed by atoms with Crippen LogP contribution in [-0.4, -0.2) is 47.1 Å². The molecule has 0 bridgehead atoms. The molecule has 0 spiro atoms. The average molecular weight is 257 g/mol. The molecule has 1 aliphatic rings. The van der Waals surface area contributed by atoms with E-state index < -0.39 is 6.04 Å². The Labute approximate surface area is 108 Å². The largest absolute Gasteiger partial charge is 0.409 e. The number of oxime groups is 1. The van der Waals surface area contributed by atoms with Gasteiger partial charge in [-0.15, -0.1) is 0 Å². The van der Waals surface area contributed by atoms with Gasteiger partial charge in [-0.05, 0) is 26.7 Å². The van der Waals surface area contributed by atoms with Crippen molar-refractivity contribution in [3.63, 3.8) is 0 Å². The normalized spacial score (nSPS) is 34.4. The summed E-state index contributed by atoms with van der Waals surface area (Å²) in [6.07, 6.45) is -0.0362. The Bertz CT molecular complexity index is 345. The van der Waals surface area contributed by atoms with Crippen molar-refractivity contribution in [3.05, 3.63) is 0 Å². The van der Waals surface area contributed by atoms with Crippen molar-refractivity contribution >= 4 is 11.7 Å². The molecule has 0 radical (unpaired) electrons. The van der Waals surface area contributed by atoms with Gasteiger partial charge >= 0.3 is 0 Å². The number of nitrogens with two attached hydrogens (primary N) is 1. The molecule has 6 heteroatoms. The number of likely N-dealkylation sites (N-methyl/N-ethyl adjacent to an activating group) is 1. The van der Waals surface area contributed by atoms with Crippen LogP contribution in [0.2, 0.25) is 0 Å². The minimum absolute atomic E-state index is 0.0260. The topological polar surface area (TPSA) is 88.2 Å². The molecule has 1 fully saturated rings. The third-order valence-corrected chi connectivity index (χ3v) is 4.00. The number of hydrogen-bond donors (Lipinski definition) is 2. The standard InChI is InChI=1S/C12H23N3O3/c1-6-8(3)18-9(4)10(6)12(16)15(5)7(2)11(13)14-17/h6-10,17H,1-5H3,(H2,13,14). The van der Waals surface area contributed by atoms with Gasteiger partial charge in [0.2, 0.25) is 5.91 Å². The number of carbonyl (C=O) groups excluding carboxylic acids is 1. The molecule has 104 valence electrons. The first-order valence-corrected chi connectivity index (χ1v) is 6.20. The molecule has 18 heavy (non-hydrogen) atoms. The highest BCUT2D eigenvalue weighted by Gasteiger charge is 2.43. The highest BCUT2D eigenvalue weighted by Crippen LogP contribution is 2.33. The first-order chi connectivity index (χ1) is 8.31. The van der Waals surface area contributed by atoms with Crippen molar-refractivity contribution in [2.45, 2.75) is 45.9 Å². The molecule has 1 aliphatic heterocycles. The van der Waals surface area contributed by atoms with Crippen molar-refractivity contribution in [3.8, 4) is 0 Å². The fourth-order valence-electron chi connectivity index (χ4n) is 2.40. The Morgan fingerprint density at radius 2 is 1.94 bits per heavy atom. The number of amidine groups is 1. The Balaban J connectivity index is 2.81. The molecular weight excluding hydrogens is 234 g/mol. The van der Waals surface area contributed by atoms with E-state index >= 15 is 0 Å². The van der Waals surface area contributed by atoms with Crippen LogP contribution in [0.5, 0.6) is 0 Å². The molecule has 0 aromatic carbocycles. The maximum Gasteiger partial charge on any atom is 0.229 e. The van der Waals surface area contributed by atoms with Crippen LogP contribution in [0.1, 0.15) is 27.7 Å². The third kappa shape index (κ3) is 2.58. The summed E-state index contributed by atoms with van der Waals surface area (Å²) in [5.41, 5.74) is 5.53. The summed E-state index contributed by atoms with van der Waals surface area (Å²) in [4.78, 5) is 13.9. The van der Waals surface area contributed by atoms with Crippen LogP contribution in [0.25, 0.3) is 0 Å². The van der Waals surface area contributed by atoms with Crippen molar-refractivity contribution < 1.29 is 14.7 Å². The first-order valence-electron chi connectivity index (χ1n) is 6.20. The highest BCUT2D eigenvalue weighted by atomic mass is 16.5. The zero-order chi connectivity index (χ0) is 14.0. The predicted molar refractivity (Wildman–Crippen MR) is 68.3 cm³/mol. The highest BCUT2D eigenvalue weighted by molar-refractivity contribution is 5.90. The molecule has 5 unspecified atom stereocenters. The number of carbonyl (C=O) groups is 1. The minimum Gasteiger partial charge on any atom is -0.409 e. The quantitative estimate of drug-likeness (QED) is 0.336. The summed E-state index contributed by atoms with van der Waals surface area (Å²) in [5, 5.41) is 11.6. The Kier molecular flexibility index (Phi) is 4.56. The predicted octanol–water partition coefficient (Wildman–Crippen LogP) is 0.639. The molecule has 3 N–H and O–H groups in total. The van der Waals surface area contributed by atoms with Gasteiger partial charge in [0, 0.05) is 7.05 Å². The van der Waals surface area contributed by atoms with E-state index in [9.17, 15) is 4.79 Å². The molecule has 0 aromatic rings. The number of amides is 1. The smallest absolute Gasteiger partial charge is 0.229 e. The lowest BCUT2D eigenvalue weighted by atomic mass is 9.88. The fourth-order valence-corrected chi connectivity index (χ4v) is 2.40. The molecule has 5 atom stereocenters. The van der Waals surface area contributed by atoms with E-state index in [0.29, 0.717) is 0 Å². The molecule has 6 nitrogen and oxygen atoms in total. The van der Waals surface area contributed by atoms with E-state index in [2.05, 4.69) is 5.16 Å².